The maximum absolute atomic E-state index is 12.5. The highest BCUT2D eigenvalue weighted by Crippen LogP contribution is 2.27. The number of rotatable bonds is 6. The van der Waals surface area contributed by atoms with Crippen molar-refractivity contribution in [2.24, 2.45) is 11.8 Å². The molecule has 0 bridgehead atoms. The minimum atomic E-state index is -0.224. The first-order valence-electron chi connectivity index (χ1n) is 10.0. The molecule has 28 heavy (non-hydrogen) atoms. The van der Waals surface area contributed by atoms with Gasteiger partial charge in [-0.2, -0.15) is 0 Å². The number of nitrogens with zero attached hydrogens (tertiary/aromatic N) is 2. The molecule has 1 aliphatic heterocycles. The number of pyridine rings is 1. The molecule has 152 valence electrons. The van der Waals surface area contributed by atoms with Crippen LogP contribution < -0.4 is 10.9 Å². The molecule has 2 unspecified atom stereocenters. The topological polar surface area (TPSA) is 67.5 Å². The fraction of sp³-hybridized carbons (Fsp3) is 0.545. The summed E-state index contributed by atoms with van der Waals surface area (Å²) in [5.41, 5.74) is -0.220. The average molecular weight is 386 g/mol. The van der Waals surface area contributed by atoms with E-state index in [-0.39, 0.29) is 22.8 Å². The molecule has 0 spiro atoms. The highest BCUT2D eigenvalue weighted by Gasteiger charge is 2.33. The molecule has 0 radical (unpaired) electrons. The molecule has 3 rings (SSSR count). The third kappa shape index (κ3) is 4.93. The molecule has 1 saturated heterocycles. The molecule has 0 aromatic carbocycles. The molecule has 1 amide bonds. The van der Waals surface area contributed by atoms with Crippen molar-refractivity contribution < 1.29 is 9.21 Å². The second kappa shape index (κ2) is 8.35. The van der Waals surface area contributed by atoms with Gasteiger partial charge in [-0.1, -0.05) is 19.9 Å². The summed E-state index contributed by atoms with van der Waals surface area (Å²) in [6.45, 7) is 11.9. The van der Waals surface area contributed by atoms with Gasteiger partial charge in [0.15, 0.2) is 5.76 Å². The quantitative estimate of drug-likeness (QED) is 0.830. The number of hydrogen-bond donors (Lipinski definition) is 1. The van der Waals surface area contributed by atoms with Gasteiger partial charge < -0.3 is 14.3 Å². The minimum absolute atomic E-state index is 0.100. The molecule has 2 aromatic heterocycles. The highest BCUT2D eigenvalue weighted by molar-refractivity contribution is 5.91. The van der Waals surface area contributed by atoms with E-state index in [1.54, 1.807) is 35.0 Å². The first kappa shape index (κ1) is 20.4. The molecule has 3 heterocycles. The van der Waals surface area contributed by atoms with Crippen LogP contribution in [0.5, 0.6) is 0 Å². The maximum Gasteiger partial charge on any atom is 0.287 e. The summed E-state index contributed by atoms with van der Waals surface area (Å²) in [5, 5.41) is 3.01. The molecule has 0 saturated carbocycles. The van der Waals surface area contributed by atoms with Gasteiger partial charge >= 0.3 is 0 Å². The summed E-state index contributed by atoms with van der Waals surface area (Å²) in [6, 6.07) is 8.40. The van der Waals surface area contributed by atoms with Crippen LogP contribution in [0.3, 0.4) is 0 Å². The Morgan fingerprint density at radius 2 is 1.89 bits per heavy atom. The number of carbonyl (C=O) groups is 1. The third-order valence-electron chi connectivity index (χ3n) is 5.52. The summed E-state index contributed by atoms with van der Waals surface area (Å²) >= 11 is 0. The number of likely N-dealkylation sites (tertiary alicyclic amines) is 1. The van der Waals surface area contributed by atoms with Crippen molar-refractivity contribution in [1.29, 1.82) is 0 Å². The zero-order chi connectivity index (χ0) is 20.3. The number of furan rings is 1. The van der Waals surface area contributed by atoms with Crippen LogP contribution in [-0.4, -0.2) is 40.5 Å². The Balaban J connectivity index is 1.58. The predicted octanol–water partition coefficient (Wildman–Crippen LogP) is 2.98. The van der Waals surface area contributed by atoms with Gasteiger partial charge in [0, 0.05) is 37.4 Å². The number of carbonyl (C=O) groups excluding carboxylic acids is 1. The normalized spacial score (nSPS) is 20.9. The predicted molar refractivity (Wildman–Crippen MR) is 109 cm³/mol. The van der Waals surface area contributed by atoms with Crippen molar-refractivity contribution in [3.8, 4) is 0 Å². The van der Waals surface area contributed by atoms with Gasteiger partial charge in [-0.15, -0.1) is 0 Å². The lowest BCUT2D eigenvalue weighted by Gasteiger charge is -2.45. The van der Waals surface area contributed by atoms with E-state index in [2.05, 4.69) is 37.9 Å². The Labute approximate surface area is 166 Å². The number of aromatic nitrogens is 1. The smallest absolute Gasteiger partial charge is 0.287 e. The van der Waals surface area contributed by atoms with Gasteiger partial charge in [-0.05, 0) is 50.3 Å². The molecular weight excluding hydrogens is 354 g/mol. The lowest BCUT2D eigenvalue weighted by molar-refractivity contribution is 0.0441. The van der Waals surface area contributed by atoms with Gasteiger partial charge in [-0.25, -0.2) is 0 Å². The molecule has 1 fully saturated rings. The highest BCUT2D eigenvalue weighted by atomic mass is 16.4. The van der Waals surface area contributed by atoms with Crippen LogP contribution in [0.15, 0.2) is 45.7 Å². The van der Waals surface area contributed by atoms with Gasteiger partial charge in [0.1, 0.15) is 5.76 Å². The Kier molecular flexibility index (Phi) is 6.08. The Morgan fingerprint density at radius 3 is 2.57 bits per heavy atom. The number of piperidine rings is 1. The maximum atomic E-state index is 12.5. The Bertz CT molecular complexity index is 858. The first-order valence-corrected chi connectivity index (χ1v) is 10.0. The van der Waals surface area contributed by atoms with Crippen molar-refractivity contribution in [1.82, 2.24) is 14.8 Å². The minimum Gasteiger partial charge on any atom is -0.454 e. The van der Waals surface area contributed by atoms with Crippen LogP contribution >= 0.6 is 0 Å². The monoisotopic (exact) mass is 385 g/mol. The van der Waals surface area contributed by atoms with Crippen LogP contribution in [0.2, 0.25) is 0 Å². The van der Waals surface area contributed by atoms with E-state index < -0.39 is 0 Å². The van der Waals surface area contributed by atoms with E-state index in [9.17, 15) is 9.59 Å². The molecule has 6 heteroatoms. The number of nitrogens with one attached hydrogen (secondary N) is 1. The van der Waals surface area contributed by atoms with Crippen LogP contribution in [0.1, 0.15) is 50.4 Å². The summed E-state index contributed by atoms with van der Waals surface area (Å²) in [6.07, 6.45) is 2.96. The molecule has 0 aliphatic carbocycles. The van der Waals surface area contributed by atoms with Gasteiger partial charge in [-0.3, -0.25) is 14.5 Å². The summed E-state index contributed by atoms with van der Waals surface area (Å²) in [7, 11) is 0. The average Bonchev–Trinajstić information content (AvgIpc) is 3.09. The van der Waals surface area contributed by atoms with Crippen molar-refractivity contribution in [3.63, 3.8) is 0 Å². The van der Waals surface area contributed by atoms with Crippen LogP contribution in [0.4, 0.5) is 0 Å². The van der Waals surface area contributed by atoms with Gasteiger partial charge in [0.2, 0.25) is 0 Å². The molecule has 6 nitrogen and oxygen atoms in total. The molecule has 2 atom stereocenters. The van der Waals surface area contributed by atoms with E-state index in [1.165, 1.54) is 12.5 Å². The molecular formula is C22H31N3O3. The van der Waals surface area contributed by atoms with E-state index in [1.807, 2.05) is 0 Å². The van der Waals surface area contributed by atoms with Crippen LogP contribution in [0.25, 0.3) is 0 Å². The SMILES string of the molecule is CC1CC(C)CN(C(C)(C)CNC(=O)c2ccc(Cn3ccccc3=O)o2)C1. The van der Waals surface area contributed by atoms with Crippen molar-refractivity contribution >= 4 is 5.91 Å². The van der Waals surface area contributed by atoms with Gasteiger partial charge in [0.05, 0.1) is 6.54 Å². The number of amides is 1. The van der Waals surface area contributed by atoms with Crippen LogP contribution in [-0.2, 0) is 6.54 Å². The zero-order valence-electron chi connectivity index (χ0n) is 17.3. The summed E-state index contributed by atoms with van der Waals surface area (Å²) < 4.78 is 7.21. The standard InChI is InChI=1S/C22H31N3O3/c1-16-11-17(2)13-25(12-16)22(3,4)15-23-21(27)19-9-8-18(28-19)14-24-10-6-5-7-20(24)26/h5-10,16-17H,11-15H2,1-4H3,(H,23,27). The third-order valence-corrected chi connectivity index (χ3v) is 5.52. The van der Waals surface area contributed by atoms with E-state index >= 15 is 0 Å². The van der Waals surface area contributed by atoms with E-state index in [0.29, 0.717) is 30.7 Å². The number of hydrogen-bond acceptors (Lipinski definition) is 4. The van der Waals surface area contributed by atoms with E-state index in [0.717, 1.165) is 13.1 Å². The fourth-order valence-corrected chi connectivity index (χ4v) is 4.00. The largest absolute Gasteiger partial charge is 0.454 e. The second-order valence-corrected chi connectivity index (χ2v) is 8.78. The molecule has 1 aliphatic rings. The lowest BCUT2D eigenvalue weighted by atomic mass is 9.88. The molecule has 2 aromatic rings. The summed E-state index contributed by atoms with van der Waals surface area (Å²) in [5.74, 6) is 1.98. The van der Waals surface area contributed by atoms with Crippen molar-refractivity contribution in [2.75, 3.05) is 19.6 Å². The first-order chi connectivity index (χ1) is 13.2. The van der Waals surface area contributed by atoms with Crippen LogP contribution in [0, 0.1) is 11.8 Å². The molecule has 1 N–H and O–H groups in total. The summed E-state index contributed by atoms with van der Waals surface area (Å²) in [4.78, 5) is 26.8. The zero-order valence-corrected chi connectivity index (χ0v) is 17.3. The van der Waals surface area contributed by atoms with Gasteiger partial charge in [0.25, 0.3) is 11.5 Å². The Hall–Kier alpha value is -2.34. The van der Waals surface area contributed by atoms with Crippen molar-refractivity contribution in [3.05, 3.63) is 58.4 Å². The second-order valence-electron chi connectivity index (χ2n) is 8.78. The van der Waals surface area contributed by atoms with Crippen molar-refractivity contribution in [2.45, 2.75) is 46.2 Å². The fourth-order valence-electron chi connectivity index (χ4n) is 4.00. The van der Waals surface area contributed by atoms with E-state index in [4.69, 9.17) is 4.42 Å². The Morgan fingerprint density at radius 1 is 1.18 bits per heavy atom. The lowest BCUT2D eigenvalue weighted by Crippen LogP contribution is -2.56.